The Balaban J connectivity index is 1.43. The van der Waals surface area contributed by atoms with Gasteiger partial charge in [-0.3, -0.25) is 4.79 Å². The lowest BCUT2D eigenvalue weighted by Gasteiger charge is -2.17. The molecule has 2 aromatic carbocycles. The summed E-state index contributed by atoms with van der Waals surface area (Å²) < 4.78 is 16.5. The topological polar surface area (TPSA) is 77.7 Å². The van der Waals surface area contributed by atoms with Crippen molar-refractivity contribution in [2.24, 2.45) is 0 Å². The molecule has 0 N–H and O–H groups in total. The Hall–Kier alpha value is -3.35. The number of methoxy groups -OCH3 is 1. The van der Waals surface area contributed by atoms with Crippen LogP contribution in [0.25, 0.3) is 11.5 Å². The maximum absolute atomic E-state index is 12.5. The molecule has 0 saturated carbocycles. The van der Waals surface area contributed by atoms with E-state index in [2.05, 4.69) is 10.1 Å². The second-order valence-corrected chi connectivity index (χ2v) is 7.64. The quantitative estimate of drug-likeness (QED) is 0.588. The number of benzene rings is 2. The van der Waals surface area contributed by atoms with Crippen molar-refractivity contribution in [3.63, 3.8) is 0 Å². The van der Waals surface area contributed by atoms with Crippen LogP contribution in [0.3, 0.4) is 0 Å². The van der Waals surface area contributed by atoms with Gasteiger partial charge >= 0.3 is 0 Å². The van der Waals surface area contributed by atoms with Crippen molar-refractivity contribution in [3.05, 3.63) is 59.9 Å². The molecule has 1 saturated heterocycles. The van der Waals surface area contributed by atoms with Crippen LogP contribution in [0.5, 0.6) is 11.5 Å². The molecule has 1 aromatic heterocycles. The molecule has 4 rings (SSSR count). The molecular weight excluding hydrogens is 382 g/mol. The van der Waals surface area contributed by atoms with Crippen molar-refractivity contribution in [2.45, 2.75) is 38.8 Å². The highest BCUT2D eigenvalue weighted by atomic mass is 16.5. The molecule has 7 nitrogen and oxygen atoms in total. The van der Waals surface area contributed by atoms with Crippen LogP contribution < -0.4 is 9.47 Å². The van der Waals surface area contributed by atoms with Crippen LogP contribution in [-0.2, 0) is 11.3 Å². The highest BCUT2D eigenvalue weighted by molar-refractivity contribution is 5.79. The highest BCUT2D eigenvalue weighted by Crippen LogP contribution is 2.32. The second kappa shape index (κ2) is 8.57. The van der Waals surface area contributed by atoms with Crippen molar-refractivity contribution < 1.29 is 18.8 Å². The Bertz CT molecular complexity index is 1010. The number of para-hydroxylation sites is 1. The summed E-state index contributed by atoms with van der Waals surface area (Å²) in [5, 5.41) is 4.13. The van der Waals surface area contributed by atoms with Crippen LogP contribution in [0, 0.1) is 0 Å². The van der Waals surface area contributed by atoms with E-state index in [1.807, 2.05) is 67.3 Å². The van der Waals surface area contributed by atoms with Gasteiger partial charge in [-0.05, 0) is 43.7 Å². The van der Waals surface area contributed by atoms with Crippen LogP contribution in [-0.4, -0.2) is 40.7 Å². The maximum Gasteiger partial charge on any atom is 0.261 e. The Morgan fingerprint density at radius 2 is 1.93 bits per heavy atom. The zero-order valence-corrected chi connectivity index (χ0v) is 17.4. The number of likely N-dealkylation sites (tertiary alicyclic amines) is 1. The summed E-state index contributed by atoms with van der Waals surface area (Å²) in [5.74, 6) is 2.44. The predicted molar refractivity (Wildman–Crippen MR) is 111 cm³/mol. The summed E-state index contributed by atoms with van der Waals surface area (Å²) in [6, 6.07) is 15.3. The second-order valence-electron chi connectivity index (χ2n) is 7.64. The van der Waals surface area contributed by atoms with Crippen molar-refractivity contribution in [2.75, 3.05) is 13.7 Å². The number of hydrogen-bond donors (Lipinski definition) is 0. The van der Waals surface area contributed by atoms with Crippen LogP contribution in [0.15, 0.2) is 53.1 Å². The van der Waals surface area contributed by atoms with Gasteiger partial charge in [-0.1, -0.05) is 29.4 Å². The minimum Gasteiger partial charge on any atom is -0.496 e. The molecule has 1 fully saturated rings. The maximum atomic E-state index is 12.5. The first-order valence-corrected chi connectivity index (χ1v) is 10.0. The van der Waals surface area contributed by atoms with Gasteiger partial charge in [-0.2, -0.15) is 4.98 Å². The average Bonchev–Trinajstić information content (AvgIpc) is 3.36. The van der Waals surface area contributed by atoms with Gasteiger partial charge < -0.3 is 18.9 Å². The van der Waals surface area contributed by atoms with E-state index in [-0.39, 0.29) is 17.9 Å². The van der Waals surface area contributed by atoms with Crippen molar-refractivity contribution >= 4 is 5.91 Å². The predicted octanol–water partition coefficient (Wildman–Crippen LogP) is 4.05. The molecule has 1 aliphatic rings. The normalized spacial score (nSPS) is 16.3. The molecule has 30 heavy (non-hydrogen) atoms. The van der Waals surface area contributed by atoms with Gasteiger partial charge in [-0.25, -0.2) is 0 Å². The largest absolute Gasteiger partial charge is 0.496 e. The molecule has 0 spiro atoms. The molecular formula is C23H25N3O4. The van der Waals surface area contributed by atoms with E-state index in [0.717, 1.165) is 16.9 Å². The molecule has 1 atom stereocenters. The van der Waals surface area contributed by atoms with E-state index in [9.17, 15) is 4.79 Å². The first-order valence-electron chi connectivity index (χ1n) is 10.0. The fourth-order valence-corrected chi connectivity index (χ4v) is 3.60. The summed E-state index contributed by atoms with van der Waals surface area (Å²) in [7, 11) is 1.60. The molecule has 7 heteroatoms. The molecule has 1 unspecified atom stereocenters. The van der Waals surface area contributed by atoms with Gasteiger partial charge in [0.25, 0.3) is 5.89 Å². The van der Waals surface area contributed by atoms with E-state index in [4.69, 9.17) is 14.0 Å². The Morgan fingerprint density at radius 1 is 1.17 bits per heavy atom. The fourth-order valence-electron chi connectivity index (χ4n) is 3.60. The van der Waals surface area contributed by atoms with Crippen molar-refractivity contribution in [3.8, 4) is 23.0 Å². The number of nitrogens with zero attached hydrogens (tertiary/aromatic N) is 3. The van der Waals surface area contributed by atoms with Crippen LogP contribution in [0.4, 0.5) is 0 Å². The number of amides is 1. The third-order valence-corrected chi connectivity index (χ3v) is 5.03. The van der Waals surface area contributed by atoms with E-state index >= 15 is 0 Å². The first-order chi connectivity index (χ1) is 14.5. The zero-order chi connectivity index (χ0) is 21.1. The molecule has 3 aromatic rings. The number of ether oxygens (including phenoxy) is 2. The lowest BCUT2D eigenvalue weighted by atomic mass is 10.1. The highest BCUT2D eigenvalue weighted by Gasteiger charge is 2.34. The standard InChI is InChI=1S/C23H25N3O4/c1-15(2)29-18-10-8-16(9-11-18)13-26-14-17(12-21(26)27)22-24-23(30-25-22)19-6-4-5-7-20(19)28-3/h4-11,15,17H,12-14H2,1-3H3. The molecule has 1 amide bonds. The van der Waals surface area contributed by atoms with Gasteiger partial charge in [0, 0.05) is 25.4 Å². The fraction of sp³-hybridized carbons (Fsp3) is 0.348. The minimum atomic E-state index is -0.0896. The number of carbonyl (C=O) groups excluding carboxylic acids is 1. The third-order valence-electron chi connectivity index (χ3n) is 5.03. The van der Waals surface area contributed by atoms with Crippen molar-refractivity contribution in [1.82, 2.24) is 15.0 Å². The summed E-state index contributed by atoms with van der Waals surface area (Å²) in [6.07, 6.45) is 0.506. The Kier molecular flexibility index (Phi) is 5.70. The molecule has 0 bridgehead atoms. The Labute approximate surface area is 175 Å². The number of rotatable bonds is 7. The lowest BCUT2D eigenvalue weighted by molar-refractivity contribution is -0.128. The van der Waals surface area contributed by atoms with E-state index in [1.54, 1.807) is 7.11 Å². The van der Waals surface area contributed by atoms with Gasteiger partial charge in [0.15, 0.2) is 5.82 Å². The van der Waals surface area contributed by atoms with Crippen LogP contribution >= 0.6 is 0 Å². The van der Waals surface area contributed by atoms with Crippen LogP contribution in [0.2, 0.25) is 0 Å². The summed E-state index contributed by atoms with van der Waals surface area (Å²) >= 11 is 0. The smallest absolute Gasteiger partial charge is 0.261 e. The number of carbonyl (C=O) groups is 1. The summed E-state index contributed by atoms with van der Waals surface area (Å²) in [6.45, 7) is 5.10. The molecule has 1 aliphatic heterocycles. The Morgan fingerprint density at radius 3 is 2.67 bits per heavy atom. The summed E-state index contributed by atoms with van der Waals surface area (Å²) in [4.78, 5) is 18.9. The third kappa shape index (κ3) is 4.30. The van der Waals surface area contributed by atoms with E-state index in [1.165, 1.54) is 0 Å². The zero-order valence-electron chi connectivity index (χ0n) is 17.4. The number of hydrogen-bond acceptors (Lipinski definition) is 6. The number of aromatic nitrogens is 2. The van der Waals surface area contributed by atoms with Gasteiger partial charge in [0.2, 0.25) is 5.91 Å². The van der Waals surface area contributed by atoms with E-state index < -0.39 is 0 Å². The average molecular weight is 407 g/mol. The van der Waals surface area contributed by atoms with Gasteiger partial charge in [0.1, 0.15) is 11.5 Å². The van der Waals surface area contributed by atoms with Gasteiger partial charge in [-0.15, -0.1) is 0 Å². The van der Waals surface area contributed by atoms with E-state index in [0.29, 0.717) is 37.0 Å². The lowest BCUT2D eigenvalue weighted by Crippen LogP contribution is -2.24. The molecule has 2 heterocycles. The monoisotopic (exact) mass is 407 g/mol. The SMILES string of the molecule is COc1ccccc1-c1nc(C2CC(=O)N(Cc3ccc(OC(C)C)cc3)C2)no1. The summed E-state index contributed by atoms with van der Waals surface area (Å²) in [5.41, 5.74) is 1.80. The van der Waals surface area contributed by atoms with Crippen molar-refractivity contribution in [1.29, 1.82) is 0 Å². The first kappa shape index (κ1) is 19.9. The minimum absolute atomic E-state index is 0.0890. The van der Waals surface area contributed by atoms with Gasteiger partial charge in [0.05, 0.1) is 18.8 Å². The molecule has 0 radical (unpaired) electrons. The molecule has 0 aliphatic carbocycles. The molecule has 156 valence electrons. The van der Waals surface area contributed by atoms with Crippen LogP contribution in [0.1, 0.15) is 37.6 Å².